The molecule has 7 nitrogen and oxygen atoms in total. The van der Waals surface area contributed by atoms with Crippen molar-refractivity contribution in [3.05, 3.63) is 22.9 Å². The Morgan fingerprint density at radius 2 is 2.04 bits per heavy atom. The van der Waals surface area contributed by atoms with Crippen molar-refractivity contribution < 1.29 is 4.79 Å². The first-order valence-electron chi connectivity index (χ1n) is 8.82. The first kappa shape index (κ1) is 15.4. The number of amides is 1. The Kier molecular flexibility index (Phi) is 3.86. The maximum atomic E-state index is 12.8. The van der Waals surface area contributed by atoms with Crippen LogP contribution in [0, 0.1) is 5.92 Å². The Balaban J connectivity index is 1.55. The summed E-state index contributed by atoms with van der Waals surface area (Å²) < 4.78 is 2.98. The Morgan fingerprint density at radius 1 is 1.25 bits per heavy atom. The van der Waals surface area contributed by atoms with E-state index in [9.17, 15) is 9.59 Å². The van der Waals surface area contributed by atoms with Crippen LogP contribution >= 0.6 is 0 Å². The van der Waals surface area contributed by atoms with Crippen LogP contribution in [0.25, 0.3) is 11.0 Å². The smallest absolute Gasteiger partial charge is 0.264 e. The number of carbonyl (C=O) groups is 1. The second-order valence-electron chi connectivity index (χ2n) is 7.02. The van der Waals surface area contributed by atoms with Crippen LogP contribution in [-0.4, -0.2) is 42.7 Å². The maximum absolute atomic E-state index is 12.8. The molecule has 0 spiro atoms. The molecule has 2 aromatic heterocycles. The van der Waals surface area contributed by atoms with Gasteiger partial charge in [0, 0.05) is 19.6 Å². The van der Waals surface area contributed by atoms with Crippen molar-refractivity contribution in [1.82, 2.24) is 24.2 Å². The van der Waals surface area contributed by atoms with Crippen LogP contribution in [-0.2, 0) is 18.4 Å². The van der Waals surface area contributed by atoms with Gasteiger partial charge < -0.3 is 4.90 Å². The number of carbonyl (C=O) groups excluding carboxylic acids is 1. The molecule has 1 saturated heterocycles. The lowest BCUT2D eigenvalue weighted by molar-refractivity contribution is -0.133. The molecule has 2 aliphatic rings. The molecule has 1 unspecified atom stereocenters. The van der Waals surface area contributed by atoms with Gasteiger partial charge in [0.1, 0.15) is 18.3 Å². The molecule has 7 heteroatoms. The summed E-state index contributed by atoms with van der Waals surface area (Å²) >= 11 is 0. The van der Waals surface area contributed by atoms with E-state index in [4.69, 9.17) is 0 Å². The highest BCUT2D eigenvalue weighted by atomic mass is 16.2. The summed E-state index contributed by atoms with van der Waals surface area (Å²) in [4.78, 5) is 31.6. The minimum atomic E-state index is -0.196. The number of hydrogen-bond acceptors (Lipinski definition) is 4. The molecule has 1 amide bonds. The number of likely N-dealkylation sites (tertiary alicyclic amines) is 1. The Labute approximate surface area is 140 Å². The van der Waals surface area contributed by atoms with Crippen LogP contribution in [0.15, 0.2) is 17.3 Å². The van der Waals surface area contributed by atoms with Gasteiger partial charge in [0.2, 0.25) is 5.91 Å². The van der Waals surface area contributed by atoms with E-state index in [1.54, 1.807) is 11.7 Å². The predicted molar refractivity (Wildman–Crippen MR) is 89.5 cm³/mol. The molecule has 4 rings (SSSR count). The summed E-state index contributed by atoms with van der Waals surface area (Å²) in [5, 5.41) is 4.52. The average Bonchev–Trinajstić information content (AvgIpc) is 3.30. The minimum Gasteiger partial charge on any atom is -0.338 e. The van der Waals surface area contributed by atoms with Gasteiger partial charge in [-0.2, -0.15) is 5.10 Å². The number of aryl methyl sites for hydroxylation is 1. The zero-order valence-corrected chi connectivity index (χ0v) is 14.0. The van der Waals surface area contributed by atoms with E-state index in [-0.39, 0.29) is 18.0 Å². The highest BCUT2D eigenvalue weighted by Gasteiger charge is 2.35. The molecule has 1 aliphatic heterocycles. The van der Waals surface area contributed by atoms with Gasteiger partial charge in [-0.3, -0.25) is 18.8 Å². The largest absolute Gasteiger partial charge is 0.338 e. The standard InChI is InChI=1S/C17H23N5O2/c1-20-16-13(9-19-20)17(24)21(11-18-16)10-15(23)22-8-4-7-14(22)12-5-2-3-6-12/h9,11-12,14H,2-8,10H2,1H3. The normalized spacial score (nSPS) is 21.9. The molecular weight excluding hydrogens is 306 g/mol. The van der Waals surface area contributed by atoms with Crippen molar-refractivity contribution in [1.29, 1.82) is 0 Å². The van der Waals surface area contributed by atoms with Gasteiger partial charge in [-0.15, -0.1) is 0 Å². The van der Waals surface area contributed by atoms with E-state index >= 15 is 0 Å². The van der Waals surface area contributed by atoms with Gasteiger partial charge in [0.25, 0.3) is 5.56 Å². The highest BCUT2D eigenvalue weighted by molar-refractivity contribution is 5.78. The molecule has 2 fully saturated rings. The number of rotatable bonds is 3. The van der Waals surface area contributed by atoms with Crippen molar-refractivity contribution in [3.8, 4) is 0 Å². The van der Waals surface area contributed by atoms with Crippen LogP contribution in [0.1, 0.15) is 38.5 Å². The van der Waals surface area contributed by atoms with Crippen LogP contribution in [0.4, 0.5) is 0 Å². The molecule has 2 aromatic rings. The molecule has 1 saturated carbocycles. The molecule has 128 valence electrons. The minimum absolute atomic E-state index is 0.0385. The molecule has 24 heavy (non-hydrogen) atoms. The quantitative estimate of drug-likeness (QED) is 0.851. The number of hydrogen-bond donors (Lipinski definition) is 0. The summed E-state index contributed by atoms with van der Waals surface area (Å²) in [5.74, 6) is 0.684. The second-order valence-corrected chi connectivity index (χ2v) is 7.02. The molecule has 1 aliphatic carbocycles. The van der Waals surface area contributed by atoms with Crippen LogP contribution in [0.5, 0.6) is 0 Å². The van der Waals surface area contributed by atoms with Crippen molar-refractivity contribution in [2.75, 3.05) is 6.54 Å². The Hall–Kier alpha value is -2.18. The van der Waals surface area contributed by atoms with Crippen molar-refractivity contribution >= 4 is 16.9 Å². The van der Waals surface area contributed by atoms with Crippen molar-refractivity contribution in [3.63, 3.8) is 0 Å². The van der Waals surface area contributed by atoms with Crippen LogP contribution < -0.4 is 5.56 Å². The van der Waals surface area contributed by atoms with Crippen molar-refractivity contribution in [2.45, 2.75) is 51.1 Å². The first-order valence-corrected chi connectivity index (χ1v) is 8.82. The fourth-order valence-corrected chi connectivity index (χ4v) is 4.35. The van der Waals surface area contributed by atoms with E-state index in [0.29, 0.717) is 23.0 Å². The lowest BCUT2D eigenvalue weighted by Gasteiger charge is -2.29. The third-order valence-corrected chi connectivity index (χ3v) is 5.59. The van der Waals surface area contributed by atoms with E-state index < -0.39 is 0 Å². The summed E-state index contributed by atoms with van der Waals surface area (Å²) in [6, 6.07) is 0.366. The molecule has 3 heterocycles. The summed E-state index contributed by atoms with van der Waals surface area (Å²) in [6.45, 7) is 0.886. The lowest BCUT2D eigenvalue weighted by Crippen LogP contribution is -2.42. The number of fused-ring (bicyclic) bond motifs is 1. The van der Waals surface area contributed by atoms with E-state index in [0.717, 1.165) is 19.4 Å². The Morgan fingerprint density at radius 3 is 2.83 bits per heavy atom. The van der Waals surface area contributed by atoms with Gasteiger partial charge in [0.05, 0.1) is 6.20 Å². The van der Waals surface area contributed by atoms with E-state index in [1.807, 2.05) is 4.90 Å². The fraction of sp³-hybridized carbons (Fsp3) is 0.647. The van der Waals surface area contributed by atoms with Gasteiger partial charge in [0.15, 0.2) is 5.65 Å². The number of aromatic nitrogens is 4. The topological polar surface area (TPSA) is 73.0 Å². The molecule has 0 aromatic carbocycles. The SMILES string of the molecule is Cn1ncc2c(=O)n(CC(=O)N3CCCC3C3CCCC3)cnc21. The summed E-state index contributed by atoms with van der Waals surface area (Å²) in [7, 11) is 1.75. The second kappa shape index (κ2) is 6.03. The average molecular weight is 329 g/mol. The zero-order chi connectivity index (χ0) is 16.7. The molecule has 0 N–H and O–H groups in total. The summed E-state index contributed by atoms with van der Waals surface area (Å²) in [6.07, 6.45) is 10.2. The fourth-order valence-electron chi connectivity index (χ4n) is 4.35. The molecular formula is C17H23N5O2. The highest BCUT2D eigenvalue weighted by Crippen LogP contribution is 2.35. The predicted octanol–water partition coefficient (Wildman–Crippen LogP) is 1.31. The third-order valence-electron chi connectivity index (χ3n) is 5.59. The van der Waals surface area contributed by atoms with E-state index in [2.05, 4.69) is 10.1 Å². The van der Waals surface area contributed by atoms with Crippen LogP contribution in [0.2, 0.25) is 0 Å². The van der Waals surface area contributed by atoms with E-state index in [1.165, 1.54) is 42.8 Å². The van der Waals surface area contributed by atoms with Gasteiger partial charge in [-0.05, 0) is 31.6 Å². The lowest BCUT2D eigenvalue weighted by atomic mass is 9.96. The molecule has 1 atom stereocenters. The monoisotopic (exact) mass is 329 g/mol. The number of nitrogens with zero attached hydrogens (tertiary/aromatic N) is 5. The zero-order valence-electron chi connectivity index (χ0n) is 14.0. The maximum Gasteiger partial charge on any atom is 0.264 e. The van der Waals surface area contributed by atoms with Gasteiger partial charge in [-0.25, -0.2) is 4.98 Å². The van der Waals surface area contributed by atoms with Gasteiger partial charge in [-0.1, -0.05) is 12.8 Å². The molecule has 0 radical (unpaired) electrons. The Bertz CT molecular complexity index is 818. The molecule has 0 bridgehead atoms. The van der Waals surface area contributed by atoms with Crippen LogP contribution in [0.3, 0.4) is 0 Å². The third kappa shape index (κ3) is 2.52. The first-order chi connectivity index (χ1) is 11.6. The van der Waals surface area contributed by atoms with Crippen molar-refractivity contribution in [2.24, 2.45) is 13.0 Å². The van der Waals surface area contributed by atoms with Gasteiger partial charge >= 0.3 is 0 Å². The summed E-state index contributed by atoms with van der Waals surface area (Å²) in [5.41, 5.74) is 0.353.